The molecular formula is C21H15F3O3. The predicted octanol–water partition coefficient (Wildman–Crippen LogP) is 5.64. The van der Waals surface area contributed by atoms with Crippen LogP contribution < -0.4 is 9.47 Å². The number of halogens is 3. The van der Waals surface area contributed by atoms with Gasteiger partial charge in [0.1, 0.15) is 18.1 Å². The molecule has 3 nitrogen and oxygen atoms in total. The minimum absolute atomic E-state index is 0.155. The summed E-state index contributed by atoms with van der Waals surface area (Å²) >= 11 is 0. The summed E-state index contributed by atoms with van der Waals surface area (Å²) in [5, 5.41) is 0. The maximum absolute atomic E-state index is 12.7. The molecule has 0 bridgehead atoms. The van der Waals surface area contributed by atoms with Crippen LogP contribution in [0.15, 0.2) is 72.8 Å². The van der Waals surface area contributed by atoms with Gasteiger partial charge in [0.25, 0.3) is 0 Å². The van der Waals surface area contributed by atoms with Gasteiger partial charge in [-0.05, 0) is 23.3 Å². The molecule has 27 heavy (non-hydrogen) atoms. The molecule has 0 amide bonds. The van der Waals surface area contributed by atoms with Crippen molar-refractivity contribution < 1.29 is 27.4 Å². The highest BCUT2D eigenvalue weighted by molar-refractivity contribution is 5.92. The number of hydrogen-bond donors (Lipinski definition) is 0. The summed E-state index contributed by atoms with van der Waals surface area (Å²) < 4.78 is 47.9. The molecule has 0 aliphatic rings. The standard InChI is InChI=1S/C21H15F3O3/c22-21(23,24)27-20-11-5-4-9-17(20)16-10-6-12-19(18(16)13-25)26-14-15-7-2-1-3-8-15/h1-13H,14H2. The van der Waals surface area contributed by atoms with Crippen molar-refractivity contribution >= 4 is 6.29 Å². The van der Waals surface area contributed by atoms with Crippen LogP contribution in [0, 0.1) is 0 Å². The van der Waals surface area contributed by atoms with Gasteiger partial charge in [-0.25, -0.2) is 0 Å². The topological polar surface area (TPSA) is 35.5 Å². The Kier molecular flexibility index (Phi) is 5.45. The second kappa shape index (κ2) is 7.95. The first-order chi connectivity index (χ1) is 13.0. The monoisotopic (exact) mass is 372 g/mol. The minimum atomic E-state index is -4.83. The highest BCUT2D eigenvalue weighted by atomic mass is 19.4. The number of para-hydroxylation sites is 1. The van der Waals surface area contributed by atoms with Crippen molar-refractivity contribution in [2.45, 2.75) is 13.0 Å². The number of hydrogen-bond acceptors (Lipinski definition) is 3. The van der Waals surface area contributed by atoms with Gasteiger partial charge in [0, 0.05) is 5.56 Å². The highest BCUT2D eigenvalue weighted by Gasteiger charge is 2.32. The van der Waals surface area contributed by atoms with E-state index in [1.807, 2.05) is 30.3 Å². The molecule has 0 atom stereocenters. The lowest BCUT2D eigenvalue weighted by Crippen LogP contribution is -2.17. The molecule has 0 unspecified atom stereocenters. The molecule has 0 saturated heterocycles. The molecule has 0 N–H and O–H groups in total. The van der Waals surface area contributed by atoms with Gasteiger partial charge in [-0.1, -0.05) is 60.7 Å². The van der Waals surface area contributed by atoms with Gasteiger partial charge in [0.2, 0.25) is 0 Å². The van der Waals surface area contributed by atoms with E-state index in [9.17, 15) is 18.0 Å². The van der Waals surface area contributed by atoms with E-state index in [-0.39, 0.29) is 29.2 Å². The molecule has 6 heteroatoms. The summed E-state index contributed by atoms with van der Waals surface area (Å²) in [5.74, 6) is -0.0959. The van der Waals surface area contributed by atoms with Crippen molar-refractivity contribution in [1.82, 2.24) is 0 Å². The van der Waals surface area contributed by atoms with E-state index < -0.39 is 6.36 Å². The number of benzene rings is 3. The molecule has 0 heterocycles. The average molecular weight is 372 g/mol. The maximum atomic E-state index is 12.7. The van der Waals surface area contributed by atoms with Gasteiger partial charge in [-0.15, -0.1) is 13.2 Å². The predicted molar refractivity (Wildman–Crippen MR) is 94.7 cm³/mol. The summed E-state index contributed by atoms with van der Waals surface area (Å²) in [6.45, 7) is 0.228. The molecule has 0 aliphatic carbocycles. The largest absolute Gasteiger partial charge is 0.573 e. The van der Waals surface area contributed by atoms with Crippen LogP contribution in [0.3, 0.4) is 0 Å². The Bertz CT molecular complexity index is 921. The van der Waals surface area contributed by atoms with E-state index >= 15 is 0 Å². The Hall–Kier alpha value is -3.28. The quantitative estimate of drug-likeness (QED) is 0.525. The highest BCUT2D eigenvalue weighted by Crippen LogP contribution is 2.37. The first kappa shape index (κ1) is 18.5. The van der Waals surface area contributed by atoms with Gasteiger partial charge < -0.3 is 9.47 Å². The second-order valence-corrected chi connectivity index (χ2v) is 5.65. The lowest BCUT2D eigenvalue weighted by molar-refractivity contribution is -0.274. The van der Waals surface area contributed by atoms with Crippen molar-refractivity contribution in [3.8, 4) is 22.6 Å². The average Bonchev–Trinajstić information content (AvgIpc) is 2.66. The molecule has 3 aromatic rings. The summed E-state index contributed by atoms with van der Waals surface area (Å²) in [4.78, 5) is 11.7. The van der Waals surface area contributed by atoms with Crippen molar-refractivity contribution in [2.75, 3.05) is 0 Å². The molecule has 138 valence electrons. The first-order valence-corrected chi connectivity index (χ1v) is 8.08. The Morgan fingerprint density at radius 2 is 1.41 bits per heavy atom. The van der Waals surface area contributed by atoms with Crippen molar-refractivity contribution in [3.63, 3.8) is 0 Å². The van der Waals surface area contributed by atoms with E-state index in [1.165, 1.54) is 18.2 Å². The molecule has 3 aromatic carbocycles. The Morgan fingerprint density at radius 3 is 2.11 bits per heavy atom. The minimum Gasteiger partial charge on any atom is -0.488 e. The normalized spacial score (nSPS) is 11.1. The van der Waals surface area contributed by atoms with Crippen LogP contribution in [0.25, 0.3) is 11.1 Å². The fourth-order valence-electron chi connectivity index (χ4n) is 2.66. The van der Waals surface area contributed by atoms with Gasteiger partial charge in [0.15, 0.2) is 6.29 Å². The fourth-order valence-corrected chi connectivity index (χ4v) is 2.66. The van der Waals surface area contributed by atoms with Gasteiger partial charge in [-0.3, -0.25) is 4.79 Å². The Balaban J connectivity index is 1.97. The van der Waals surface area contributed by atoms with Crippen LogP contribution in [0.4, 0.5) is 13.2 Å². The lowest BCUT2D eigenvalue weighted by atomic mass is 9.98. The zero-order chi connectivity index (χ0) is 19.3. The van der Waals surface area contributed by atoms with Gasteiger partial charge in [0.05, 0.1) is 5.56 Å². The number of ether oxygens (including phenoxy) is 2. The Morgan fingerprint density at radius 1 is 0.778 bits per heavy atom. The van der Waals surface area contributed by atoms with Crippen molar-refractivity contribution in [2.24, 2.45) is 0 Å². The summed E-state index contributed by atoms with van der Waals surface area (Å²) in [7, 11) is 0. The van der Waals surface area contributed by atoms with E-state index in [0.717, 1.165) is 5.56 Å². The number of carbonyl (C=O) groups is 1. The smallest absolute Gasteiger partial charge is 0.488 e. The van der Waals surface area contributed by atoms with Crippen molar-refractivity contribution in [3.05, 3.63) is 83.9 Å². The number of alkyl halides is 3. The third kappa shape index (κ3) is 4.67. The van der Waals surface area contributed by atoms with Crippen LogP contribution in [0.2, 0.25) is 0 Å². The van der Waals surface area contributed by atoms with E-state index in [4.69, 9.17) is 4.74 Å². The van der Waals surface area contributed by atoms with Crippen LogP contribution in [-0.4, -0.2) is 12.6 Å². The summed E-state index contributed by atoms with van der Waals surface area (Å²) in [6, 6.07) is 19.8. The molecule has 0 fully saturated rings. The van der Waals surface area contributed by atoms with Gasteiger partial charge in [-0.2, -0.15) is 0 Å². The Labute approximate surface area is 154 Å². The molecule has 0 saturated carbocycles. The van der Waals surface area contributed by atoms with Crippen LogP contribution in [-0.2, 0) is 6.61 Å². The first-order valence-electron chi connectivity index (χ1n) is 8.08. The number of rotatable bonds is 6. The fraction of sp³-hybridized carbons (Fsp3) is 0.0952. The number of aldehydes is 1. The molecule has 0 aromatic heterocycles. The summed E-state index contributed by atoms with van der Waals surface area (Å²) in [6.07, 6.45) is -4.26. The van der Waals surface area contributed by atoms with E-state index in [1.54, 1.807) is 24.3 Å². The number of carbonyl (C=O) groups excluding carboxylic acids is 1. The lowest BCUT2D eigenvalue weighted by Gasteiger charge is -2.16. The second-order valence-electron chi connectivity index (χ2n) is 5.65. The zero-order valence-corrected chi connectivity index (χ0v) is 14.1. The van der Waals surface area contributed by atoms with Gasteiger partial charge >= 0.3 is 6.36 Å². The van der Waals surface area contributed by atoms with Crippen LogP contribution in [0.5, 0.6) is 11.5 Å². The molecule has 3 rings (SSSR count). The summed E-state index contributed by atoms with van der Waals surface area (Å²) in [5.41, 5.74) is 1.52. The molecule has 0 spiro atoms. The maximum Gasteiger partial charge on any atom is 0.573 e. The molecular weight excluding hydrogens is 357 g/mol. The SMILES string of the molecule is O=Cc1c(OCc2ccccc2)cccc1-c1ccccc1OC(F)(F)F. The van der Waals surface area contributed by atoms with E-state index in [2.05, 4.69) is 4.74 Å². The van der Waals surface area contributed by atoms with Crippen LogP contribution in [0.1, 0.15) is 15.9 Å². The molecule has 0 radical (unpaired) electrons. The zero-order valence-electron chi connectivity index (χ0n) is 14.1. The third-order valence-corrected chi connectivity index (χ3v) is 3.82. The molecule has 0 aliphatic heterocycles. The van der Waals surface area contributed by atoms with Crippen LogP contribution >= 0.6 is 0 Å². The van der Waals surface area contributed by atoms with E-state index in [0.29, 0.717) is 11.8 Å². The van der Waals surface area contributed by atoms with Crippen molar-refractivity contribution in [1.29, 1.82) is 0 Å². The third-order valence-electron chi connectivity index (χ3n) is 3.82.